The topological polar surface area (TPSA) is 82.7 Å². The Morgan fingerprint density at radius 1 is 1.35 bits per heavy atom. The molecule has 0 bridgehead atoms. The van der Waals surface area contributed by atoms with Gasteiger partial charge in [-0.25, -0.2) is 4.98 Å². The van der Waals surface area contributed by atoms with E-state index in [2.05, 4.69) is 14.8 Å². The first-order chi connectivity index (χ1) is 9.38. The molecule has 0 spiro atoms. The lowest BCUT2D eigenvalue weighted by atomic mass is 9.93. The highest BCUT2D eigenvalue weighted by Gasteiger charge is 2.31. The molecule has 0 atom stereocenters. The Balaban J connectivity index is 1.89. The summed E-state index contributed by atoms with van der Waals surface area (Å²) in [6.07, 6.45) is 1.66. The molecule has 1 aliphatic rings. The molecule has 0 aliphatic carbocycles. The smallest absolute Gasteiger partial charge is 0.310 e. The van der Waals surface area contributed by atoms with Gasteiger partial charge in [-0.15, -0.1) is 0 Å². The van der Waals surface area contributed by atoms with Crippen molar-refractivity contribution in [3.8, 4) is 0 Å². The number of rotatable bonds is 4. The van der Waals surface area contributed by atoms with Crippen molar-refractivity contribution in [1.82, 2.24) is 9.88 Å². The Morgan fingerprint density at radius 3 is 2.50 bits per heavy atom. The maximum atomic E-state index is 11.2. The number of nitrogens with two attached hydrogens (primary N) is 1. The maximum Gasteiger partial charge on any atom is 0.310 e. The summed E-state index contributed by atoms with van der Waals surface area (Å²) in [6.45, 7) is 7.52. The number of hydrogen-bond donors (Lipinski definition) is 2. The molecule has 1 aromatic heterocycles. The fourth-order valence-electron chi connectivity index (χ4n) is 2.35. The SMILES string of the molecule is CC(C)(CN1CCN(c2ccc(N)cn2)CC1)C(=O)O. The van der Waals surface area contributed by atoms with Gasteiger partial charge in [-0.1, -0.05) is 0 Å². The lowest BCUT2D eigenvalue weighted by molar-refractivity contribution is -0.148. The maximum absolute atomic E-state index is 11.2. The number of hydrogen-bond acceptors (Lipinski definition) is 5. The molecule has 3 N–H and O–H groups in total. The fraction of sp³-hybridized carbons (Fsp3) is 0.571. The first kappa shape index (κ1) is 14.6. The molecule has 2 rings (SSSR count). The Kier molecular flexibility index (Phi) is 4.13. The Labute approximate surface area is 119 Å². The lowest BCUT2D eigenvalue weighted by Gasteiger charge is -2.38. The second-order valence-corrected chi connectivity index (χ2v) is 5.90. The van der Waals surface area contributed by atoms with Gasteiger partial charge < -0.3 is 15.7 Å². The highest BCUT2D eigenvalue weighted by atomic mass is 16.4. The van der Waals surface area contributed by atoms with Gasteiger partial charge in [-0.2, -0.15) is 0 Å². The minimum atomic E-state index is -0.750. The largest absolute Gasteiger partial charge is 0.481 e. The fourth-order valence-corrected chi connectivity index (χ4v) is 2.35. The van der Waals surface area contributed by atoms with Crippen LogP contribution < -0.4 is 10.6 Å². The van der Waals surface area contributed by atoms with Crippen LogP contribution in [0.3, 0.4) is 0 Å². The summed E-state index contributed by atoms with van der Waals surface area (Å²) in [6, 6.07) is 3.77. The first-order valence-corrected chi connectivity index (χ1v) is 6.81. The Bertz CT molecular complexity index is 465. The van der Waals surface area contributed by atoms with Crippen molar-refractivity contribution in [3.63, 3.8) is 0 Å². The molecule has 0 aromatic carbocycles. The summed E-state index contributed by atoms with van der Waals surface area (Å²) < 4.78 is 0. The van der Waals surface area contributed by atoms with Gasteiger partial charge in [0.15, 0.2) is 0 Å². The minimum absolute atomic E-state index is 0.575. The molecule has 1 fully saturated rings. The van der Waals surface area contributed by atoms with Crippen molar-refractivity contribution in [1.29, 1.82) is 0 Å². The number of carbonyl (C=O) groups is 1. The summed E-state index contributed by atoms with van der Waals surface area (Å²) in [5, 5.41) is 9.17. The zero-order valence-electron chi connectivity index (χ0n) is 12.0. The zero-order valence-corrected chi connectivity index (χ0v) is 12.0. The van der Waals surface area contributed by atoms with E-state index < -0.39 is 11.4 Å². The quantitative estimate of drug-likeness (QED) is 0.851. The van der Waals surface area contributed by atoms with Crippen LogP contribution in [0.2, 0.25) is 0 Å². The summed E-state index contributed by atoms with van der Waals surface area (Å²) in [5.41, 5.74) is 5.59. The van der Waals surface area contributed by atoms with Crippen molar-refractivity contribution in [3.05, 3.63) is 18.3 Å². The van der Waals surface area contributed by atoms with E-state index in [-0.39, 0.29) is 0 Å². The second-order valence-electron chi connectivity index (χ2n) is 5.90. The number of aliphatic carboxylic acids is 1. The van der Waals surface area contributed by atoms with Crippen LogP contribution in [0.4, 0.5) is 11.5 Å². The van der Waals surface area contributed by atoms with Crippen molar-refractivity contribution in [2.45, 2.75) is 13.8 Å². The molecule has 0 saturated carbocycles. The zero-order chi connectivity index (χ0) is 14.8. The highest BCUT2D eigenvalue weighted by Crippen LogP contribution is 2.20. The molecule has 6 nitrogen and oxygen atoms in total. The van der Waals surface area contributed by atoms with E-state index in [1.54, 1.807) is 20.0 Å². The first-order valence-electron chi connectivity index (χ1n) is 6.81. The molecule has 20 heavy (non-hydrogen) atoms. The summed E-state index contributed by atoms with van der Waals surface area (Å²) in [4.78, 5) is 19.9. The van der Waals surface area contributed by atoms with Crippen molar-refractivity contribution >= 4 is 17.5 Å². The Morgan fingerprint density at radius 2 is 2.00 bits per heavy atom. The van der Waals surface area contributed by atoms with Crippen LogP contribution in [0.5, 0.6) is 0 Å². The molecule has 0 amide bonds. The van der Waals surface area contributed by atoms with E-state index in [4.69, 9.17) is 10.8 Å². The summed E-state index contributed by atoms with van der Waals surface area (Å²) in [7, 11) is 0. The molecule has 1 aromatic rings. The predicted molar refractivity (Wildman–Crippen MR) is 78.7 cm³/mol. The van der Waals surface area contributed by atoms with Crippen molar-refractivity contribution in [2.24, 2.45) is 5.41 Å². The van der Waals surface area contributed by atoms with Crippen LogP contribution >= 0.6 is 0 Å². The van der Waals surface area contributed by atoms with Crippen LogP contribution in [0.15, 0.2) is 18.3 Å². The highest BCUT2D eigenvalue weighted by molar-refractivity contribution is 5.73. The molecule has 1 saturated heterocycles. The van der Waals surface area contributed by atoms with Crippen molar-refractivity contribution < 1.29 is 9.90 Å². The molecular weight excluding hydrogens is 256 g/mol. The van der Waals surface area contributed by atoms with Crippen LogP contribution in [0.25, 0.3) is 0 Å². The van der Waals surface area contributed by atoms with E-state index in [1.165, 1.54) is 0 Å². The monoisotopic (exact) mass is 278 g/mol. The normalized spacial score (nSPS) is 17.2. The minimum Gasteiger partial charge on any atom is -0.481 e. The van der Waals surface area contributed by atoms with Crippen LogP contribution in [0, 0.1) is 5.41 Å². The average Bonchev–Trinajstić information content (AvgIpc) is 2.40. The molecule has 2 heterocycles. The molecule has 1 aliphatic heterocycles. The van der Waals surface area contributed by atoms with Gasteiger partial charge in [-0.05, 0) is 26.0 Å². The Hall–Kier alpha value is -1.82. The van der Waals surface area contributed by atoms with Gasteiger partial charge in [0.25, 0.3) is 0 Å². The van der Waals surface area contributed by atoms with Crippen LogP contribution in [0.1, 0.15) is 13.8 Å². The van der Waals surface area contributed by atoms with Gasteiger partial charge in [0.05, 0.1) is 17.3 Å². The number of piperazine rings is 1. The third-order valence-electron chi connectivity index (χ3n) is 3.66. The molecular formula is C14H22N4O2. The molecule has 110 valence electrons. The van der Waals surface area contributed by atoms with Gasteiger partial charge in [-0.3, -0.25) is 9.69 Å². The number of nitrogens with zero attached hydrogens (tertiary/aromatic N) is 3. The molecule has 0 unspecified atom stereocenters. The van der Waals surface area contributed by atoms with E-state index in [0.29, 0.717) is 12.2 Å². The van der Waals surface area contributed by atoms with E-state index in [1.807, 2.05) is 12.1 Å². The molecule has 6 heteroatoms. The van der Waals surface area contributed by atoms with Gasteiger partial charge in [0.2, 0.25) is 0 Å². The number of nitrogen functional groups attached to an aromatic ring is 1. The van der Waals surface area contributed by atoms with E-state index in [0.717, 1.165) is 32.0 Å². The van der Waals surface area contributed by atoms with Crippen LogP contribution in [-0.2, 0) is 4.79 Å². The van der Waals surface area contributed by atoms with Gasteiger partial charge in [0.1, 0.15) is 5.82 Å². The number of aromatic nitrogens is 1. The summed E-state index contributed by atoms with van der Waals surface area (Å²) >= 11 is 0. The number of carboxylic acids is 1. The predicted octanol–water partition coefficient (Wildman–Crippen LogP) is 0.897. The van der Waals surface area contributed by atoms with E-state index in [9.17, 15) is 4.79 Å². The summed E-state index contributed by atoms with van der Waals surface area (Å²) in [5.74, 6) is 0.177. The van der Waals surface area contributed by atoms with Gasteiger partial charge in [0, 0.05) is 32.7 Å². The standard InChI is InChI=1S/C14H22N4O2/c1-14(2,13(19)20)10-17-5-7-18(8-6-17)12-4-3-11(15)9-16-12/h3-4,9H,5-8,10,15H2,1-2H3,(H,19,20). The third-order valence-corrected chi connectivity index (χ3v) is 3.66. The van der Waals surface area contributed by atoms with Gasteiger partial charge >= 0.3 is 5.97 Å². The average molecular weight is 278 g/mol. The molecule has 0 radical (unpaired) electrons. The second kappa shape index (κ2) is 5.66. The van der Waals surface area contributed by atoms with Crippen LogP contribution in [-0.4, -0.2) is 53.7 Å². The van der Waals surface area contributed by atoms with Crippen molar-refractivity contribution in [2.75, 3.05) is 43.4 Å². The lowest BCUT2D eigenvalue weighted by Crippen LogP contribution is -2.50. The third kappa shape index (κ3) is 3.39. The number of anilines is 2. The van der Waals surface area contributed by atoms with E-state index >= 15 is 0 Å². The number of pyridine rings is 1. The number of carboxylic acid groups (broad SMARTS) is 1.